The van der Waals surface area contributed by atoms with E-state index >= 15 is 0 Å². The Kier molecular flexibility index (Phi) is 15.8. The van der Waals surface area contributed by atoms with Gasteiger partial charge in [0.05, 0.1) is 0 Å². The summed E-state index contributed by atoms with van der Waals surface area (Å²) in [5.41, 5.74) is 10.0. The van der Waals surface area contributed by atoms with Crippen LogP contribution in [0.2, 0.25) is 118 Å². The predicted molar refractivity (Wildman–Crippen MR) is 266 cm³/mol. The third-order valence-electron chi connectivity index (χ3n) is 11.1. The van der Waals surface area contributed by atoms with Crippen LogP contribution in [0.3, 0.4) is 0 Å². The molecule has 0 aromatic heterocycles. The van der Waals surface area contributed by atoms with Gasteiger partial charge in [0.15, 0.2) is 0 Å². The topological polar surface area (TPSA) is 0 Å². The van der Waals surface area contributed by atoms with Gasteiger partial charge in [0, 0.05) is 0 Å². The SMILES string of the molecule is CC(C)c1cc(C(C)C)[c]([Pb]([Br])([Br])[c]2c(C([Si](C)(C)C)[Si](C)(C)C)cc(C([Si](C)(C)C)[Si](C)(C)C)cc2C([Si](C)(C)C)[Si](C)(C)C)c(C(C)C)c1. The molecule has 9 heteroatoms. The van der Waals surface area contributed by atoms with Crippen molar-refractivity contribution in [3.8, 4) is 0 Å². The zero-order valence-corrected chi connectivity index (χ0v) is 51.1. The van der Waals surface area contributed by atoms with Crippen LogP contribution < -0.4 is 6.25 Å². The molecule has 0 aliphatic rings. The van der Waals surface area contributed by atoms with E-state index in [0.29, 0.717) is 28.1 Å². The van der Waals surface area contributed by atoms with Crippen molar-refractivity contribution in [2.45, 2.75) is 193 Å². The molecule has 0 nitrogen and oxygen atoms in total. The van der Waals surface area contributed by atoms with Crippen LogP contribution in [-0.4, -0.2) is 64.8 Å². The van der Waals surface area contributed by atoms with Gasteiger partial charge in [0.1, 0.15) is 0 Å². The van der Waals surface area contributed by atoms with Gasteiger partial charge in [-0.1, -0.05) is 0 Å². The maximum absolute atomic E-state index is 4.96. The van der Waals surface area contributed by atoms with Crippen molar-refractivity contribution in [3.63, 3.8) is 0 Å². The molecule has 0 saturated carbocycles. The first kappa shape index (κ1) is 48.8. The number of benzene rings is 2. The molecule has 0 aliphatic heterocycles. The summed E-state index contributed by atoms with van der Waals surface area (Å²) in [5.74, 6) is 1.45. The molecule has 0 fully saturated rings. The van der Waals surface area contributed by atoms with E-state index in [9.17, 15) is 0 Å². The van der Waals surface area contributed by atoms with E-state index in [1.54, 1.807) is 30.9 Å². The molecule has 0 unspecified atom stereocenters. The van der Waals surface area contributed by atoms with Crippen LogP contribution >= 0.6 is 24.0 Å². The molecule has 0 spiro atoms. The van der Waals surface area contributed by atoms with Crippen LogP contribution in [0.15, 0.2) is 24.3 Å². The van der Waals surface area contributed by atoms with E-state index in [0.717, 1.165) is 5.16 Å². The fourth-order valence-electron chi connectivity index (χ4n) is 10.9. The van der Waals surface area contributed by atoms with Gasteiger partial charge in [-0.25, -0.2) is 0 Å². The Hall–Kier alpha value is 1.62. The van der Waals surface area contributed by atoms with Crippen molar-refractivity contribution >= 4 is 95.0 Å². The molecule has 51 heavy (non-hydrogen) atoms. The molecule has 0 atom stereocenters. The number of halogens is 2. The summed E-state index contributed by atoms with van der Waals surface area (Å²) in [6.07, 6.45) is 0. The van der Waals surface area contributed by atoms with Crippen molar-refractivity contribution in [3.05, 3.63) is 57.6 Å². The Morgan fingerprint density at radius 3 is 0.804 bits per heavy atom. The van der Waals surface area contributed by atoms with Crippen molar-refractivity contribution in [1.82, 2.24) is 0 Å². The summed E-state index contributed by atoms with van der Waals surface area (Å²) in [4.78, 5) is 0. The van der Waals surface area contributed by atoms with Crippen molar-refractivity contribution in [2.24, 2.45) is 0 Å². The van der Waals surface area contributed by atoms with Gasteiger partial charge in [-0.2, -0.15) is 0 Å². The van der Waals surface area contributed by atoms with E-state index in [2.05, 4.69) is 184 Å². The second kappa shape index (κ2) is 16.5. The number of rotatable bonds is 14. The van der Waals surface area contributed by atoms with Gasteiger partial charge >= 0.3 is 345 Å². The maximum atomic E-state index is 4.96. The average molecular weight is 1120 g/mol. The Bertz CT molecular complexity index is 1400. The van der Waals surface area contributed by atoms with Crippen LogP contribution in [0.1, 0.15) is 108 Å². The van der Waals surface area contributed by atoms with Crippen LogP contribution in [0.5, 0.6) is 0 Å². The van der Waals surface area contributed by atoms with Gasteiger partial charge in [-0.15, -0.1) is 0 Å². The van der Waals surface area contributed by atoms with E-state index in [1.165, 1.54) is 5.56 Å². The summed E-state index contributed by atoms with van der Waals surface area (Å²) in [6, 6.07) is 11.1. The van der Waals surface area contributed by atoms with Gasteiger partial charge < -0.3 is 0 Å². The molecule has 0 heterocycles. The third-order valence-corrected chi connectivity index (χ3v) is 62.3. The van der Waals surface area contributed by atoms with Crippen LogP contribution in [0, 0.1) is 0 Å². The minimum atomic E-state index is -3.97. The van der Waals surface area contributed by atoms with Crippen LogP contribution in [0.4, 0.5) is 0 Å². The molecule has 0 bridgehead atoms. The monoisotopic (exact) mass is 1120 g/mol. The third kappa shape index (κ3) is 11.4. The molecular weight excluding hydrogens is 1040 g/mol. The molecule has 0 radical (unpaired) electrons. The van der Waals surface area contributed by atoms with E-state index < -0.39 is 64.8 Å². The summed E-state index contributed by atoms with van der Waals surface area (Å²) in [7, 11) is -9.77. The summed E-state index contributed by atoms with van der Waals surface area (Å²) < 4.78 is 3.52. The fraction of sp³-hybridized carbons (Fsp3) is 0.714. The molecule has 0 N–H and O–H groups in total. The Morgan fingerprint density at radius 2 is 0.588 bits per heavy atom. The van der Waals surface area contributed by atoms with E-state index in [-0.39, 0.29) is 0 Å². The average Bonchev–Trinajstić information content (AvgIpc) is 2.82. The van der Waals surface area contributed by atoms with Crippen LogP contribution in [0.25, 0.3) is 0 Å². The molecule has 2 rings (SSSR count). The van der Waals surface area contributed by atoms with E-state index in [1.807, 2.05) is 3.12 Å². The number of hydrogen-bond acceptors (Lipinski definition) is 0. The van der Waals surface area contributed by atoms with E-state index in [4.69, 9.17) is 24.0 Å². The van der Waals surface area contributed by atoms with Gasteiger partial charge in [-0.3, -0.25) is 0 Å². The van der Waals surface area contributed by atoms with Crippen molar-refractivity contribution < 1.29 is 0 Å². The van der Waals surface area contributed by atoms with Crippen molar-refractivity contribution in [1.29, 1.82) is 0 Å². The van der Waals surface area contributed by atoms with Gasteiger partial charge in [0.2, 0.25) is 0 Å². The summed E-state index contributed by atoms with van der Waals surface area (Å²) in [5, 5.41) is 2.09. The molecule has 292 valence electrons. The molecule has 2 aromatic rings. The second-order valence-corrected chi connectivity index (χ2v) is 95.8. The van der Waals surface area contributed by atoms with Gasteiger partial charge in [0.25, 0.3) is 0 Å². The fourth-order valence-corrected chi connectivity index (χ4v) is 78.5. The quantitative estimate of drug-likeness (QED) is 0.165. The Balaban J connectivity index is 3.67. The van der Waals surface area contributed by atoms with Crippen LogP contribution in [-0.2, 0) is 0 Å². The first-order valence-electron chi connectivity index (χ1n) is 20.1. The normalized spacial score (nSPS) is 14.7. The second-order valence-electron chi connectivity index (χ2n) is 23.7. The standard InChI is InChI=1S/C27H59Si6.C15H23.2BrH.Pb/c1-28(2,3)25(29(4,5)6)22-19-23(26(30(7,8)9)31(10,11)12)21-24(20-22)27(32(13,14)15)33(16,17)18;1-10(2)13-7-14(11(3)4)9-15(8-13)12(5)6;;;/h19-20,25-27H,1-18H3;7-8,10-12H,1-6H3;2*1H;/q;;;;+2/p-2. The number of hydrogen-bond donors (Lipinski definition) is 0. The molecule has 0 saturated heterocycles. The predicted octanol–water partition coefficient (Wildman–Crippen LogP) is 14.9. The molecular formula is C42H82Br2PbSi6. The van der Waals surface area contributed by atoms with Crippen molar-refractivity contribution in [2.75, 3.05) is 0 Å². The zero-order valence-electron chi connectivity index (χ0n) is 38.0. The minimum absolute atomic E-state index is 0.467. The molecule has 2 aromatic carbocycles. The molecule has 0 amide bonds. The summed E-state index contributed by atoms with van der Waals surface area (Å²) >= 11 is 5.95. The summed E-state index contributed by atoms with van der Waals surface area (Å²) in [6.45, 7) is 63.0. The Labute approximate surface area is 341 Å². The van der Waals surface area contributed by atoms with Gasteiger partial charge in [-0.05, 0) is 0 Å². The Morgan fingerprint density at radius 1 is 0.353 bits per heavy atom. The molecule has 0 aliphatic carbocycles. The first-order valence-corrected chi connectivity index (χ1v) is 62.3. The first-order chi connectivity index (χ1) is 22.4. The zero-order chi connectivity index (χ0) is 40.4.